The van der Waals surface area contributed by atoms with Crippen molar-refractivity contribution < 1.29 is 9.16 Å². The average Bonchev–Trinajstić information content (AvgIpc) is 3.06. The van der Waals surface area contributed by atoms with Gasteiger partial charge in [-0.1, -0.05) is 21.8 Å². The molecule has 29 heavy (non-hydrogen) atoms. The zero-order valence-electron chi connectivity index (χ0n) is 17.6. The largest absolute Gasteiger partial charge is 0.441 e. The number of nitrogens with zero attached hydrogens (tertiary/aromatic N) is 8. The molecule has 4 heterocycles. The Bertz CT molecular complexity index is 851. The molecule has 8 nitrogen and oxygen atoms in total. The fourth-order valence-electron chi connectivity index (χ4n) is 4.36. The van der Waals surface area contributed by atoms with Crippen LogP contribution in [0.4, 0.5) is 17.3 Å². The lowest BCUT2D eigenvalue weighted by Gasteiger charge is -2.51. The average molecular weight is 419 g/mol. The summed E-state index contributed by atoms with van der Waals surface area (Å²) < 4.78 is 4.77. The highest BCUT2D eigenvalue weighted by Gasteiger charge is 2.38. The Morgan fingerprint density at radius 2 is 1.93 bits per heavy atom. The van der Waals surface area contributed by atoms with Crippen molar-refractivity contribution in [1.82, 2.24) is 14.6 Å². The summed E-state index contributed by atoms with van der Waals surface area (Å²) in [5.41, 5.74) is 1.82. The van der Waals surface area contributed by atoms with Crippen LogP contribution in [0.2, 0.25) is 5.02 Å². The van der Waals surface area contributed by atoms with Crippen molar-refractivity contribution in [3.8, 4) is 0 Å². The molecular weight excluding hydrogens is 388 g/mol. The first-order valence-corrected chi connectivity index (χ1v) is 10.8. The molecule has 9 heteroatoms. The Morgan fingerprint density at radius 1 is 1.21 bits per heavy atom. The van der Waals surface area contributed by atoms with Crippen LogP contribution in [0, 0.1) is 0 Å². The molecule has 2 bridgehead atoms. The SMILES string of the molecule is CCN(CC[N+]12CCN(CC1)CC2)c1ccc(/N=N/c2n(C)cn[n+]2C)c(Cl)c1. The van der Waals surface area contributed by atoms with Crippen molar-refractivity contribution in [1.29, 1.82) is 0 Å². The van der Waals surface area contributed by atoms with Crippen LogP contribution in [0.5, 0.6) is 0 Å². The molecule has 5 rings (SSSR count). The molecule has 0 saturated carbocycles. The van der Waals surface area contributed by atoms with Gasteiger partial charge in [-0.15, -0.1) is 4.68 Å². The third-order valence-corrected chi connectivity index (χ3v) is 6.75. The third-order valence-electron chi connectivity index (χ3n) is 6.44. The van der Waals surface area contributed by atoms with Crippen LogP contribution in [-0.2, 0) is 14.1 Å². The van der Waals surface area contributed by atoms with E-state index >= 15 is 0 Å². The zero-order valence-corrected chi connectivity index (χ0v) is 18.4. The van der Waals surface area contributed by atoms with Gasteiger partial charge in [0, 0.05) is 37.0 Å². The van der Waals surface area contributed by atoms with Gasteiger partial charge in [0.2, 0.25) is 0 Å². The van der Waals surface area contributed by atoms with E-state index < -0.39 is 0 Å². The van der Waals surface area contributed by atoms with Gasteiger partial charge in [-0.25, -0.2) is 4.57 Å². The van der Waals surface area contributed by atoms with Gasteiger partial charge in [-0.05, 0) is 25.1 Å². The summed E-state index contributed by atoms with van der Waals surface area (Å²) in [5.74, 6) is 0.663. The summed E-state index contributed by atoms with van der Waals surface area (Å²) in [6.45, 7) is 13.1. The molecule has 0 N–H and O–H groups in total. The molecule has 0 aliphatic carbocycles. The number of rotatable bonds is 7. The lowest BCUT2D eigenvalue weighted by molar-refractivity contribution is -0.939. The van der Waals surface area contributed by atoms with Crippen LogP contribution >= 0.6 is 11.6 Å². The number of aryl methyl sites for hydroxylation is 2. The Morgan fingerprint density at radius 3 is 2.52 bits per heavy atom. The molecular formula is C20H31ClN8+2. The van der Waals surface area contributed by atoms with Crippen molar-refractivity contribution in [2.45, 2.75) is 6.92 Å². The van der Waals surface area contributed by atoms with E-state index in [0.29, 0.717) is 16.7 Å². The molecule has 3 aliphatic heterocycles. The lowest BCUT2D eigenvalue weighted by atomic mass is 10.1. The van der Waals surface area contributed by atoms with Gasteiger partial charge < -0.3 is 9.38 Å². The van der Waals surface area contributed by atoms with E-state index in [2.05, 4.69) is 38.1 Å². The first-order valence-electron chi connectivity index (χ1n) is 10.4. The first-order chi connectivity index (χ1) is 14.0. The number of hydrogen-bond acceptors (Lipinski definition) is 5. The first kappa shape index (κ1) is 20.3. The van der Waals surface area contributed by atoms with E-state index in [1.54, 1.807) is 11.0 Å². The highest BCUT2D eigenvalue weighted by molar-refractivity contribution is 6.33. The molecule has 3 fully saturated rings. The van der Waals surface area contributed by atoms with Crippen LogP contribution in [0.3, 0.4) is 0 Å². The van der Waals surface area contributed by atoms with Crippen LogP contribution in [0.1, 0.15) is 6.92 Å². The molecule has 0 amide bonds. The van der Waals surface area contributed by atoms with Crippen molar-refractivity contribution >= 4 is 28.9 Å². The third kappa shape index (κ3) is 4.29. The van der Waals surface area contributed by atoms with Gasteiger partial charge in [0.05, 0.1) is 51.8 Å². The molecule has 2 aromatic rings. The topological polar surface area (TPSA) is 52.9 Å². The maximum Gasteiger partial charge on any atom is 0.441 e. The minimum atomic E-state index is 0.619. The van der Waals surface area contributed by atoms with Crippen LogP contribution < -0.4 is 9.58 Å². The number of benzene rings is 1. The molecule has 1 aromatic heterocycles. The minimum Gasteiger partial charge on any atom is -0.366 e. The van der Waals surface area contributed by atoms with E-state index in [-0.39, 0.29) is 0 Å². The number of anilines is 1. The van der Waals surface area contributed by atoms with Crippen molar-refractivity contribution in [3.63, 3.8) is 0 Å². The van der Waals surface area contributed by atoms with Crippen molar-refractivity contribution in [2.75, 3.05) is 63.8 Å². The molecule has 3 aliphatic rings. The van der Waals surface area contributed by atoms with E-state index in [1.807, 2.05) is 30.8 Å². The summed E-state index contributed by atoms with van der Waals surface area (Å²) in [4.78, 5) is 5.01. The Hall–Kier alpha value is -2.03. The number of halogens is 1. The fourth-order valence-corrected chi connectivity index (χ4v) is 4.58. The van der Waals surface area contributed by atoms with Gasteiger partial charge >= 0.3 is 5.95 Å². The number of quaternary nitrogens is 1. The predicted octanol–water partition coefficient (Wildman–Crippen LogP) is 2.29. The summed E-state index contributed by atoms with van der Waals surface area (Å²) in [7, 11) is 3.73. The zero-order chi connectivity index (χ0) is 20.4. The lowest BCUT2D eigenvalue weighted by Crippen LogP contribution is -2.68. The van der Waals surface area contributed by atoms with Gasteiger partial charge in [0.25, 0.3) is 0 Å². The Labute approximate surface area is 177 Å². The van der Waals surface area contributed by atoms with E-state index in [4.69, 9.17) is 11.6 Å². The van der Waals surface area contributed by atoms with Crippen LogP contribution in [0.25, 0.3) is 0 Å². The highest BCUT2D eigenvalue weighted by Crippen LogP contribution is 2.31. The Kier molecular flexibility index (Phi) is 5.85. The molecule has 1 aromatic carbocycles. The number of fused-ring (bicyclic) bond motifs is 3. The monoisotopic (exact) mass is 418 g/mol. The maximum atomic E-state index is 6.54. The van der Waals surface area contributed by atoms with Gasteiger partial charge in [0.15, 0.2) is 6.33 Å². The molecule has 156 valence electrons. The second-order valence-electron chi connectivity index (χ2n) is 8.16. The standard InChI is InChI=1S/C20H31ClN8/c1-4-28(10-14-29-11-7-27(8-12-29)9-13-29)17-5-6-19(18(21)15-17)23-24-20-25(2)16-22-26(20)3/h5-6,15-16H,4,7-14H2,1-3H3/q+2. The normalized spacial score (nSPS) is 23.8. The smallest absolute Gasteiger partial charge is 0.366 e. The fraction of sp³-hybridized carbons (Fsp3) is 0.600. The molecule has 3 saturated heterocycles. The van der Waals surface area contributed by atoms with E-state index in [0.717, 1.165) is 18.8 Å². The predicted molar refractivity (Wildman–Crippen MR) is 114 cm³/mol. The van der Waals surface area contributed by atoms with Crippen LogP contribution in [-0.4, -0.2) is 78.0 Å². The number of aromatic nitrogens is 3. The van der Waals surface area contributed by atoms with Gasteiger partial charge in [0.1, 0.15) is 5.69 Å². The number of azo groups is 1. The summed E-state index contributed by atoms with van der Waals surface area (Å²) in [6.07, 6.45) is 1.70. The second kappa shape index (κ2) is 8.38. The highest BCUT2D eigenvalue weighted by atomic mass is 35.5. The molecule has 0 atom stereocenters. The minimum absolute atomic E-state index is 0.619. The maximum absolute atomic E-state index is 6.54. The van der Waals surface area contributed by atoms with Crippen LogP contribution in [0.15, 0.2) is 34.8 Å². The second-order valence-corrected chi connectivity index (χ2v) is 8.57. The van der Waals surface area contributed by atoms with Crippen molar-refractivity contribution in [2.24, 2.45) is 24.3 Å². The van der Waals surface area contributed by atoms with E-state index in [1.165, 1.54) is 50.3 Å². The van der Waals surface area contributed by atoms with Gasteiger partial charge in [-0.3, -0.25) is 4.90 Å². The van der Waals surface area contributed by atoms with Gasteiger partial charge in [-0.2, -0.15) is 0 Å². The van der Waals surface area contributed by atoms with E-state index in [9.17, 15) is 0 Å². The number of piperazine rings is 3. The molecule has 0 radical (unpaired) electrons. The number of likely N-dealkylation sites (N-methyl/N-ethyl adjacent to an activating group) is 1. The van der Waals surface area contributed by atoms with Crippen molar-refractivity contribution in [3.05, 3.63) is 29.5 Å². The molecule has 0 unspecified atom stereocenters. The molecule has 0 spiro atoms. The summed E-state index contributed by atoms with van der Waals surface area (Å²) in [5, 5.41) is 13.4. The Balaban J connectivity index is 1.44. The number of hydrogen-bond donors (Lipinski definition) is 0. The summed E-state index contributed by atoms with van der Waals surface area (Å²) >= 11 is 6.54. The summed E-state index contributed by atoms with van der Waals surface area (Å²) in [6, 6.07) is 6.06. The quantitative estimate of drug-likeness (QED) is 0.394.